The smallest absolute Gasteiger partial charge is 0.306 e. The highest BCUT2D eigenvalue weighted by Gasteiger charge is 2.10. The molecule has 3 rings (SSSR count). The number of nitrogens with one attached hydrogen (secondary N) is 2. The van der Waals surface area contributed by atoms with Gasteiger partial charge in [0.15, 0.2) is 6.61 Å². The summed E-state index contributed by atoms with van der Waals surface area (Å²) in [6, 6.07) is 16.4. The van der Waals surface area contributed by atoms with Gasteiger partial charge < -0.3 is 4.74 Å². The highest BCUT2D eigenvalue weighted by molar-refractivity contribution is 7.18. The van der Waals surface area contributed by atoms with Crippen molar-refractivity contribution < 1.29 is 19.1 Å². The van der Waals surface area contributed by atoms with Crippen molar-refractivity contribution >= 4 is 39.3 Å². The molecule has 1 heterocycles. The lowest BCUT2D eigenvalue weighted by Gasteiger charge is -2.08. The average molecular weight is 411 g/mol. The van der Waals surface area contributed by atoms with Gasteiger partial charge in [-0.3, -0.25) is 25.2 Å². The van der Waals surface area contributed by atoms with Crippen molar-refractivity contribution in [1.29, 1.82) is 0 Å². The van der Waals surface area contributed by atoms with E-state index in [-0.39, 0.29) is 6.42 Å². The maximum absolute atomic E-state index is 11.8. The summed E-state index contributed by atoms with van der Waals surface area (Å²) in [6.07, 6.45) is 2.50. The van der Waals surface area contributed by atoms with Crippen LogP contribution in [0.5, 0.6) is 0 Å². The zero-order chi connectivity index (χ0) is 20.5. The third-order valence-corrected chi connectivity index (χ3v) is 5.17. The molecular formula is C21H21N3O4S. The van der Waals surface area contributed by atoms with Crippen LogP contribution in [0.15, 0.2) is 54.6 Å². The Morgan fingerprint density at radius 3 is 2.48 bits per heavy atom. The number of hydrazine groups is 1. The lowest BCUT2D eigenvalue weighted by molar-refractivity contribution is -0.148. The molecule has 2 aromatic carbocycles. The van der Waals surface area contributed by atoms with Gasteiger partial charge in [0.2, 0.25) is 0 Å². The number of hydrogen-bond acceptors (Lipinski definition) is 6. The number of amides is 2. The number of rotatable bonds is 8. The van der Waals surface area contributed by atoms with Gasteiger partial charge in [0.25, 0.3) is 11.8 Å². The van der Waals surface area contributed by atoms with Crippen LogP contribution in [-0.2, 0) is 20.7 Å². The lowest BCUT2D eigenvalue weighted by Crippen LogP contribution is -2.43. The number of para-hydroxylation sites is 1. The van der Waals surface area contributed by atoms with E-state index in [2.05, 4.69) is 15.8 Å². The SMILES string of the molecule is O=C(COC(=O)CCCCc1nc2ccccc2s1)NNC(=O)c1ccccc1. The zero-order valence-electron chi connectivity index (χ0n) is 15.7. The molecular weight excluding hydrogens is 390 g/mol. The molecule has 2 N–H and O–H groups in total. The van der Waals surface area contributed by atoms with Crippen molar-refractivity contribution in [3.05, 3.63) is 65.2 Å². The van der Waals surface area contributed by atoms with E-state index in [4.69, 9.17) is 4.74 Å². The molecule has 0 saturated heterocycles. The summed E-state index contributed by atoms with van der Waals surface area (Å²) in [5.74, 6) is -1.49. The zero-order valence-corrected chi connectivity index (χ0v) is 16.5. The minimum atomic E-state index is -0.600. The molecule has 29 heavy (non-hydrogen) atoms. The van der Waals surface area contributed by atoms with E-state index >= 15 is 0 Å². The number of carbonyl (C=O) groups excluding carboxylic acids is 3. The molecule has 8 heteroatoms. The van der Waals surface area contributed by atoms with Crippen LogP contribution in [-0.4, -0.2) is 29.4 Å². The van der Waals surface area contributed by atoms with Gasteiger partial charge in [-0.2, -0.15) is 0 Å². The van der Waals surface area contributed by atoms with Gasteiger partial charge in [0, 0.05) is 12.0 Å². The fraction of sp³-hybridized carbons (Fsp3) is 0.238. The number of aromatic nitrogens is 1. The molecule has 0 saturated carbocycles. The van der Waals surface area contributed by atoms with Crippen molar-refractivity contribution in [2.24, 2.45) is 0 Å². The molecule has 0 aliphatic heterocycles. The molecule has 0 aliphatic rings. The van der Waals surface area contributed by atoms with E-state index in [0.29, 0.717) is 12.0 Å². The first-order valence-corrected chi connectivity index (χ1v) is 10.1. The van der Waals surface area contributed by atoms with Crippen molar-refractivity contribution in [3.8, 4) is 0 Å². The Hall–Kier alpha value is -3.26. The number of benzene rings is 2. The topological polar surface area (TPSA) is 97.4 Å². The maximum Gasteiger partial charge on any atom is 0.306 e. The van der Waals surface area contributed by atoms with Crippen LogP contribution in [0.4, 0.5) is 0 Å². The van der Waals surface area contributed by atoms with E-state index in [1.54, 1.807) is 41.7 Å². The molecule has 0 unspecified atom stereocenters. The van der Waals surface area contributed by atoms with Gasteiger partial charge in [-0.15, -0.1) is 11.3 Å². The van der Waals surface area contributed by atoms with Gasteiger partial charge in [-0.05, 0) is 43.5 Å². The second kappa shape index (κ2) is 10.3. The second-order valence-corrected chi connectivity index (χ2v) is 7.43. The van der Waals surface area contributed by atoms with Gasteiger partial charge in [-0.25, -0.2) is 4.98 Å². The summed E-state index contributed by atoms with van der Waals surface area (Å²) in [4.78, 5) is 39.8. The summed E-state index contributed by atoms with van der Waals surface area (Å²) >= 11 is 1.66. The van der Waals surface area contributed by atoms with E-state index in [0.717, 1.165) is 28.1 Å². The maximum atomic E-state index is 11.8. The van der Waals surface area contributed by atoms with Crippen molar-refractivity contribution in [2.45, 2.75) is 25.7 Å². The molecule has 0 aliphatic carbocycles. The minimum absolute atomic E-state index is 0.231. The highest BCUT2D eigenvalue weighted by atomic mass is 32.1. The molecule has 150 valence electrons. The van der Waals surface area contributed by atoms with E-state index < -0.39 is 24.4 Å². The minimum Gasteiger partial charge on any atom is -0.455 e. The molecule has 7 nitrogen and oxygen atoms in total. The van der Waals surface area contributed by atoms with Gasteiger partial charge in [0.05, 0.1) is 15.2 Å². The Morgan fingerprint density at radius 2 is 1.69 bits per heavy atom. The Labute approximate surface area is 172 Å². The number of ether oxygens (including phenoxy) is 1. The first-order chi connectivity index (χ1) is 14.1. The quantitative estimate of drug-likeness (QED) is 0.337. The van der Waals surface area contributed by atoms with Crippen LogP contribution in [0.2, 0.25) is 0 Å². The monoisotopic (exact) mass is 411 g/mol. The van der Waals surface area contributed by atoms with Crippen molar-refractivity contribution in [2.75, 3.05) is 6.61 Å². The number of carbonyl (C=O) groups is 3. The Balaban J connectivity index is 1.28. The van der Waals surface area contributed by atoms with Crippen LogP contribution in [0.3, 0.4) is 0 Å². The third kappa shape index (κ3) is 6.39. The number of esters is 1. The predicted octanol–water partition coefficient (Wildman–Crippen LogP) is 3.01. The number of fused-ring (bicyclic) bond motifs is 1. The Morgan fingerprint density at radius 1 is 0.931 bits per heavy atom. The summed E-state index contributed by atoms with van der Waals surface area (Å²) < 4.78 is 6.09. The molecule has 2 amide bonds. The van der Waals surface area contributed by atoms with Crippen LogP contribution < -0.4 is 10.9 Å². The second-order valence-electron chi connectivity index (χ2n) is 6.31. The van der Waals surface area contributed by atoms with Crippen molar-refractivity contribution in [3.63, 3.8) is 0 Å². The van der Waals surface area contributed by atoms with E-state index in [1.807, 2.05) is 24.3 Å². The van der Waals surface area contributed by atoms with Crippen LogP contribution >= 0.6 is 11.3 Å². The number of nitrogens with zero attached hydrogens (tertiary/aromatic N) is 1. The largest absolute Gasteiger partial charge is 0.455 e. The summed E-state index contributed by atoms with van der Waals surface area (Å²) in [6.45, 7) is -0.439. The standard InChI is InChI=1S/C21H21N3O4S/c25-18(23-24-21(27)15-8-2-1-3-9-15)14-28-20(26)13-7-6-12-19-22-16-10-4-5-11-17(16)29-19/h1-5,8-11H,6-7,12-14H2,(H,23,25)(H,24,27). The van der Waals surface area contributed by atoms with Gasteiger partial charge in [-0.1, -0.05) is 30.3 Å². The molecule has 1 aromatic heterocycles. The fourth-order valence-corrected chi connectivity index (χ4v) is 3.62. The summed E-state index contributed by atoms with van der Waals surface area (Å²) in [5.41, 5.74) is 5.90. The number of hydrogen-bond donors (Lipinski definition) is 2. The van der Waals surface area contributed by atoms with E-state index in [9.17, 15) is 14.4 Å². The summed E-state index contributed by atoms with van der Waals surface area (Å²) in [7, 11) is 0. The van der Waals surface area contributed by atoms with Crippen LogP contribution in [0, 0.1) is 0 Å². The molecule has 0 fully saturated rings. The van der Waals surface area contributed by atoms with E-state index in [1.165, 1.54) is 0 Å². The molecule has 0 atom stereocenters. The Kier molecular flexibility index (Phi) is 7.29. The average Bonchev–Trinajstić information content (AvgIpc) is 3.17. The summed E-state index contributed by atoms with van der Waals surface area (Å²) in [5, 5.41) is 1.05. The normalized spacial score (nSPS) is 10.5. The van der Waals surface area contributed by atoms with Gasteiger partial charge >= 0.3 is 5.97 Å². The first-order valence-electron chi connectivity index (χ1n) is 9.26. The number of thiazole rings is 1. The molecule has 3 aromatic rings. The highest BCUT2D eigenvalue weighted by Crippen LogP contribution is 2.22. The Bertz CT molecular complexity index is 955. The lowest BCUT2D eigenvalue weighted by atomic mass is 10.2. The third-order valence-electron chi connectivity index (χ3n) is 4.08. The van der Waals surface area contributed by atoms with Crippen molar-refractivity contribution in [1.82, 2.24) is 15.8 Å². The number of unbranched alkanes of at least 4 members (excludes halogenated alkanes) is 1. The molecule has 0 radical (unpaired) electrons. The van der Waals surface area contributed by atoms with Crippen LogP contribution in [0.1, 0.15) is 34.6 Å². The number of aryl methyl sites for hydroxylation is 1. The molecule has 0 bridgehead atoms. The fourth-order valence-electron chi connectivity index (χ4n) is 2.61. The predicted molar refractivity (Wildman–Crippen MR) is 110 cm³/mol. The van der Waals surface area contributed by atoms with Gasteiger partial charge in [0.1, 0.15) is 0 Å². The molecule has 0 spiro atoms. The van der Waals surface area contributed by atoms with Crippen LogP contribution in [0.25, 0.3) is 10.2 Å². The first kappa shape index (κ1) is 20.5.